The van der Waals surface area contributed by atoms with E-state index in [0.717, 1.165) is 28.2 Å². The third-order valence-corrected chi connectivity index (χ3v) is 7.17. The van der Waals surface area contributed by atoms with E-state index in [2.05, 4.69) is 5.16 Å². The predicted octanol–water partition coefficient (Wildman–Crippen LogP) is 5.69. The van der Waals surface area contributed by atoms with E-state index in [4.69, 9.17) is 21.2 Å². The van der Waals surface area contributed by atoms with Crippen molar-refractivity contribution >= 4 is 34.9 Å². The molecule has 2 aliphatic heterocycles. The van der Waals surface area contributed by atoms with Gasteiger partial charge in [-0.15, -0.1) is 0 Å². The average molecular weight is 436 g/mol. The molecule has 5 rings (SSSR count). The van der Waals surface area contributed by atoms with Crippen molar-refractivity contribution in [1.29, 1.82) is 0 Å². The fourth-order valence-electron chi connectivity index (χ4n) is 4.00. The van der Waals surface area contributed by atoms with E-state index in [1.807, 2.05) is 72.8 Å². The van der Waals surface area contributed by atoms with Gasteiger partial charge in [-0.2, -0.15) is 0 Å². The van der Waals surface area contributed by atoms with E-state index < -0.39 is 4.93 Å². The third kappa shape index (κ3) is 3.01. The molecule has 150 valence electrons. The number of oxime groups is 1. The number of fused-ring (bicyclic) bond motifs is 1. The van der Waals surface area contributed by atoms with Crippen molar-refractivity contribution in [2.24, 2.45) is 5.16 Å². The van der Waals surface area contributed by atoms with Crippen LogP contribution in [0.3, 0.4) is 0 Å². The fraction of sp³-hybridized carbons (Fsp3) is 0.167. The number of hydrogen-bond acceptors (Lipinski definition) is 5. The quantitative estimate of drug-likeness (QED) is 0.530. The summed E-state index contributed by atoms with van der Waals surface area (Å²) in [5, 5.41) is 5.08. The van der Waals surface area contributed by atoms with Crippen LogP contribution < -0.4 is 4.74 Å². The Labute approximate surface area is 183 Å². The number of carbonyl (C=O) groups is 1. The van der Waals surface area contributed by atoms with Crippen molar-refractivity contribution in [3.05, 3.63) is 100 Å². The Bertz CT molecular complexity index is 1140. The van der Waals surface area contributed by atoms with E-state index in [0.29, 0.717) is 16.3 Å². The van der Waals surface area contributed by atoms with Crippen LogP contribution in [-0.2, 0) is 10.6 Å². The van der Waals surface area contributed by atoms with Gasteiger partial charge >= 0.3 is 0 Å². The first-order chi connectivity index (χ1) is 14.6. The molecule has 0 amide bonds. The third-order valence-electron chi connectivity index (χ3n) is 5.54. The zero-order valence-electron chi connectivity index (χ0n) is 16.2. The van der Waals surface area contributed by atoms with Gasteiger partial charge in [-0.05, 0) is 35.4 Å². The molecule has 3 aromatic carbocycles. The predicted molar refractivity (Wildman–Crippen MR) is 120 cm³/mol. The van der Waals surface area contributed by atoms with Gasteiger partial charge < -0.3 is 9.57 Å². The molecule has 0 radical (unpaired) electrons. The number of nitrogens with zero attached hydrogens (tertiary/aromatic N) is 1. The van der Waals surface area contributed by atoms with Crippen molar-refractivity contribution in [1.82, 2.24) is 0 Å². The second-order valence-corrected chi connectivity index (χ2v) is 8.84. The molecule has 0 bridgehead atoms. The summed E-state index contributed by atoms with van der Waals surface area (Å²) in [6, 6.07) is 22.9. The summed E-state index contributed by atoms with van der Waals surface area (Å²) in [4.78, 5) is 18.6. The van der Waals surface area contributed by atoms with Crippen LogP contribution in [0.4, 0.5) is 0 Å². The minimum Gasteiger partial charge on any atom is -0.497 e. The number of halogens is 1. The largest absolute Gasteiger partial charge is 0.497 e. The monoisotopic (exact) mass is 435 g/mol. The lowest BCUT2D eigenvalue weighted by Gasteiger charge is -2.35. The normalized spacial score (nSPS) is 22.4. The minimum atomic E-state index is -1.14. The van der Waals surface area contributed by atoms with Crippen LogP contribution in [0.25, 0.3) is 0 Å². The molecule has 0 N–H and O–H groups in total. The molecule has 0 saturated carbocycles. The van der Waals surface area contributed by atoms with Crippen LogP contribution in [0.15, 0.2) is 78.0 Å². The van der Waals surface area contributed by atoms with Crippen LogP contribution in [0.1, 0.15) is 33.0 Å². The highest BCUT2D eigenvalue weighted by Gasteiger charge is 2.58. The maximum atomic E-state index is 13.7. The summed E-state index contributed by atoms with van der Waals surface area (Å²) in [5.74, 6) is 1.01. The smallest absolute Gasteiger partial charge is 0.257 e. The molecule has 0 aromatic heterocycles. The number of ketones is 1. The zero-order chi connectivity index (χ0) is 20.7. The van der Waals surface area contributed by atoms with Gasteiger partial charge in [0.25, 0.3) is 4.93 Å². The van der Waals surface area contributed by atoms with Gasteiger partial charge in [0.2, 0.25) is 5.78 Å². The Morgan fingerprint density at radius 1 is 1.07 bits per heavy atom. The number of Topliss-reactive ketones (excluding diaryl/α,β-unsaturated/α-hetero) is 1. The lowest BCUT2D eigenvalue weighted by Crippen LogP contribution is -2.45. The number of rotatable bonds is 3. The van der Waals surface area contributed by atoms with Crippen LogP contribution >= 0.6 is 23.4 Å². The first kappa shape index (κ1) is 19.2. The lowest BCUT2D eigenvalue weighted by molar-refractivity contribution is 0.0361. The van der Waals surface area contributed by atoms with Gasteiger partial charge in [-0.1, -0.05) is 77.0 Å². The maximum Gasteiger partial charge on any atom is 0.257 e. The van der Waals surface area contributed by atoms with Crippen molar-refractivity contribution < 1.29 is 14.4 Å². The topological polar surface area (TPSA) is 47.9 Å². The van der Waals surface area contributed by atoms with Gasteiger partial charge in [0, 0.05) is 21.9 Å². The summed E-state index contributed by atoms with van der Waals surface area (Å²) in [6.07, 6.45) is 0. The van der Waals surface area contributed by atoms with E-state index >= 15 is 0 Å². The maximum absolute atomic E-state index is 13.7. The number of methoxy groups -OCH3 is 1. The molecule has 4 nitrogen and oxygen atoms in total. The molecule has 2 unspecified atom stereocenters. The molecular weight excluding hydrogens is 418 g/mol. The molecule has 1 spiro atoms. The molecule has 2 heterocycles. The Morgan fingerprint density at radius 3 is 2.53 bits per heavy atom. The highest BCUT2D eigenvalue weighted by Crippen LogP contribution is 2.53. The van der Waals surface area contributed by atoms with Crippen molar-refractivity contribution in [2.75, 3.05) is 7.11 Å². The number of benzene rings is 3. The first-order valence-electron chi connectivity index (χ1n) is 9.55. The van der Waals surface area contributed by atoms with E-state index in [9.17, 15) is 4.79 Å². The van der Waals surface area contributed by atoms with Gasteiger partial charge in [-0.3, -0.25) is 4.79 Å². The number of hydrogen-bond donors (Lipinski definition) is 0. The van der Waals surface area contributed by atoms with Crippen molar-refractivity contribution in [3.63, 3.8) is 0 Å². The molecule has 2 atom stereocenters. The highest BCUT2D eigenvalue weighted by atomic mass is 35.5. The zero-order valence-corrected chi connectivity index (χ0v) is 17.7. The standard InChI is InChI=1S/C24H18ClNO3S/c1-28-19-12-8-15(9-13-19)21-22(16-6-10-18(25)11-7-16)26-29-24(21)23(27)20-5-3-2-4-17(20)14-30-24/h2-13,21H,14H2,1H3. The van der Waals surface area contributed by atoms with Crippen LogP contribution in [0.5, 0.6) is 5.75 Å². The number of ether oxygens (including phenoxy) is 1. The SMILES string of the molecule is COc1ccc(C2C(c3ccc(Cl)cc3)=NOC23SCc2ccccc2C3=O)cc1. The molecule has 0 fully saturated rings. The lowest BCUT2D eigenvalue weighted by atomic mass is 9.82. The number of carbonyl (C=O) groups excluding carboxylic acids is 1. The van der Waals surface area contributed by atoms with Gasteiger partial charge in [0.1, 0.15) is 11.5 Å². The van der Waals surface area contributed by atoms with Gasteiger partial charge in [0.05, 0.1) is 13.0 Å². The fourth-order valence-corrected chi connectivity index (χ4v) is 5.50. The molecule has 0 saturated heterocycles. The van der Waals surface area contributed by atoms with E-state index in [1.54, 1.807) is 7.11 Å². The van der Waals surface area contributed by atoms with Crippen LogP contribution in [0, 0.1) is 0 Å². The Kier molecular flexibility index (Phi) is 4.80. The Morgan fingerprint density at radius 2 is 1.80 bits per heavy atom. The molecular formula is C24H18ClNO3S. The second kappa shape index (κ2) is 7.49. The summed E-state index contributed by atoms with van der Waals surface area (Å²) in [5.41, 5.74) is 4.26. The summed E-state index contributed by atoms with van der Waals surface area (Å²) in [7, 11) is 1.63. The summed E-state index contributed by atoms with van der Waals surface area (Å²) >= 11 is 7.58. The summed E-state index contributed by atoms with van der Waals surface area (Å²) < 4.78 is 5.31. The van der Waals surface area contributed by atoms with E-state index in [-0.39, 0.29) is 11.7 Å². The van der Waals surface area contributed by atoms with Crippen molar-refractivity contribution in [3.8, 4) is 5.75 Å². The molecule has 6 heteroatoms. The molecule has 30 heavy (non-hydrogen) atoms. The second-order valence-electron chi connectivity index (χ2n) is 7.22. The molecule has 2 aliphatic rings. The van der Waals surface area contributed by atoms with Crippen LogP contribution in [0.2, 0.25) is 5.02 Å². The minimum absolute atomic E-state index is 0.0529. The Hall–Kier alpha value is -2.76. The Balaban J connectivity index is 1.64. The van der Waals surface area contributed by atoms with Gasteiger partial charge in [-0.25, -0.2) is 0 Å². The summed E-state index contributed by atoms with van der Waals surface area (Å²) in [6.45, 7) is 0. The first-order valence-corrected chi connectivity index (χ1v) is 10.9. The molecule has 3 aromatic rings. The van der Waals surface area contributed by atoms with Crippen molar-refractivity contribution in [2.45, 2.75) is 16.6 Å². The average Bonchev–Trinajstić information content (AvgIpc) is 3.17. The number of thioether (sulfide) groups is 1. The van der Waals surface area contributed by atoms with Crippen LogP contribution in [-0.4, -0.2) is 23.5 Å². The highest BCUT2D eigenvalue weighted by molar-refractivity contribution is 8.00. The van der Waals surface area contributed by atoms with E-state index in [1.165, 1.54) is 11.8 Å². The van der Waals surface area contributed by atoms with Gasteiger partial charge in [0.15, 0.2) is 0 Å². The molecule has 0 aliphatic carbocycles.